The zero-order valence-electron chi connectivity index (χ0n) is 18.9. The van der Waals surface area contributed by atoms with E-state index in [4.69, 9.17) is 9.47 Å². The van der Waals surface area contributed by atoms with Gasteiger partial charge < -0.3 is 9.47 Å². The van der Waals surface area contributed by atoms with E-state index in [1.165, 1.54) is 57.8 Å². The minimum atomic E-state index is -0.355. The zero-order chi connectivity index (χ0) is 20.7. The van der Waals surface area contributed by atoms with Gasteiger partial charge in [0.2, 0.25) is 0 Å². The van der Waals surface area contributed by atoms with Gasteiger partial charge in [0.1, 0.15) is 5.78 Å². The van der Waals surface area contributed by atoms with E-state index in [1.807, 2.05) is 13.8 Å². The maximum atomic E-state index is 12.0. The summed E-state index contributed by atoms with van der Waals surface area (Å²) in [6.07, 6.45) is 24.6. The lowest BCUT2D eigenvalue weighted by atomic mass is 10.1. The second-order valence-corrected chi connectivity index (χ2v) is 7.42. The summed E-state index contributed by atoms with van der Waals surface area (Å²) in [7, 11) is 0. The highest BCUT2D eigenvalue weighted by Crippen LogP contribution is 2.11. The number of unbranched alkanes of at least 4 members (excludes halogenated alkanes) is 9. The molecule has 0 radical (unpaired) electrons. The summed E-state index contributed by atoms with van der Waals surface area (Å²) in [6, 6.07) is 0. The van der Waals surface area contributed by atoms with Crippen LogP contribution in [0.4, 0.5) is 0 Å². The maximum Gasteiger partial charge on any atom is 0.164 e. The molecule has 0 atom stereocenters. The van der Waals surface area contributed by atoms with Crippen LogP contribution in [0.1, 0.15) is 111 Å². The van der Waals surface area contributed by atoms with Gasteiger partial charge in [-0.3, -0.25) is 4.79 Å². The minimum absolute atomic E-state index is 0.261. The smallest absolute Gasteiger partial charge is 0.164 e. The molecule has 0 aromatic rings. The fourth-order valence-corrected chi connectivity index (χ4v) is 3.14. The summed E-state index contributed by atoms with van der Waals surface area (Å²) in [4.78, 5) is 12.0. The molecule has 0 saturated carbocycles. The summed E-state index contributed by atoms with van der Waals surface area (Å²) in [5.74, 6) is 0.261. The van der Waals surface area contributed by atoms with Crippen molar-refractivity contribution in [2.45, 2.75) is 117 Å². The van der Waals surface area contributed by atoms with Crippen molar-refractivity contribution in [3.05, 3.63) is 24.3 Å². The number of hydrogen-bond donors (Lipinski definition) is 0. The normalized spacial score (nSPS) is 12.0. The molecule has 0 amide bonds. The fourth-order valence-electron chi connectivity index (χ4n) is 3.14. The van der Waals surface area contributed by atoms with Crippen LogP contribution >= 0.6 is 0 Å². The van der Waals surface area contributed by atoms with E-state index in [0.29, 0.717) is 26.1 Å². The van der Waals surface area contributed by atoms with Crippen molar-refractivity contribution in [2.24, 2.45) is 0 Å². The molecule has 0 fully saturated rings. The molecule has 0 rings (SSSR count). The predicted molar refractivity (Wildman–Crippen MR) is 121 cm³/mol. The van der Waals surface area contributed by atoms with E-state index in [0.717, 1.165) is 19.3 Å². The Labute approximate surface area is 175 Å². The van der Waals surface area contributed by atoms with Crippen molar-refractivity contribution in [3.8, 4) is 0 Å². The lowest BCUT2D eigenvalue weighted by Gasteiger charge is -2.15. The SMILES string of the molecule is CCCCC/C=C/C/C=C/CCCCCCCCC(=O)CC(OCC)OCC. The Morgan fingerprint density at radius 2 is 1.25 bits per heavy atom. The zero-order valence-corrected chi connectivity index (χ0v) is 18.9. The average molecular weight is 395 g/mol. The summed E-state index contributed by atoms with van der Waals surface area (Å²) >= 11 is 0. The molecule has 0 N–H and O–H groups in total. The number of hydrogen-bond acceptors (Lipinski definition) is 3. The summed E-state index contributed by atoms with van der Waals surface area (Å²) in [6.45, 7) is 7.28. The summed E-state index contributed by atoms with van der Waals surface area (Å²) in [5, 5.41) is 0. The molecule has 0 aromatic heterocycles. The van der Waals surface area contributed by atoms with Gasteiger partial charge in [-0.2, -0.15) is 0 Å². The molecule has 3 nitrogen and oxygen atoms in total. The first-order valence-corrected chi connectivity index (χ1v) is 11.8. The van der Waals surface area contributed by atoms with Gasteiger partial charge >= 0.3 is 0 Å². The molecule has 0 spiro atoms. The van der Waals surface area contributed by atoms with Crippen LogP contribution in [0.25, 0.3) is 0 Å². The Hall–Kier alpha value is -0.930. The van der Waals surface area contributed by atoms with E-state index in [1.54, 1.807) is 0 Å². The van der Waals surface area contributed by atoms with E-state index in [9.17, 15) is 4.79 Å². The van der Waals surface area contributed by atoms with Crippen molar-refractivity contribution in [1.82, 2.24) is 0 Å². The summed E-state index contributed by atoms with van der Waals surface area (Å²) < 4.78 is 10.9. The monoisotopic (exact) mass is 394 g/mol. The maximum absolute atomic E-state index is 12.0. The third-order valence-corrected chi connectivity index (χ3v) is 4.76. The van der Waals surface area contributed by atoms with Gasteiger partial charge in [-0.05, 0) is 52.4 Å². The molecule has 28 heavy (non-hydrogen) atoms. The Balaban J connectivity index is 3.43. The highest BCUT2D eigenvalue weighted by atomic mass is 16.7. The molecule has 0 aliphatic carbocycles. The molecule has 164 valence electrons. The molecule has 3 heteroatoms. The largest absolute Gasteiger partial charge is 0.352 e. The molecule has 0 aliphatic rings. The van der Waals surface area contributed by atoms with E-state index in [2.05, 4.69) is 31.2 Å². The highest BCUT2D eigenvalue weighted by molar-refractivity contribution is 5.78. The van der Waals surface area contributed by atoms with Crippen LogP contribution in [-0.2, 0) is 14.3 Å². The first kappa shape index (κ1) is 27.1. The lowest BCUT2D eigenvalue weighted by molar-refractivity contribution is -0.152. The van der Waals surface area contributed by atoms with Crippen molar-refractivity contribution in [2.75, 3.05) is 13.2 Å². The second-order valence-electron chi connectivity index (χ2n) is 7.42. The second kappa shape index (κ2) is 22.4. The van der Waals surface area contributed by atoms with Gasteiger partial charge in [0.05, 0.1) is 6.42 Å². The summed E-state index contributed by atoms with van der Waals surface area (Å²) in [5.41, 5.74) is 0. The minimum Gasteiger partial charge on any atom is -0.352 e. The van der Waals surface area contributed by atoms with Gasteiger partial charge in [-0.15, -0.1) is 0 Å². The first-order chi connectivity index (χ1) is 13.7. The Morgan fingerprint density at radius 1 is 0.714 bits per heavy atom. The van der Waals surface area contributed by atoms with Crippen LogP contribution < -0.4 is 0 Å². The Morgan fingerprint density at radius 3 is 1.82 bits per heavy atom. The van der Waals surface area contributed by atoms with Gasteiger partial charge in [0, 0.05) is 19.6 Å². The number of ketones is 1. The lowest BCUT2D eigenvalue weighted by Crippen LogP contribution is -2.21. The number of carbonyl (C=O) groups is 1. The van der Waals surface area contributed by atoms with Gasteiger partial charge in [-0.1, -0.05) is 69.8 Å². The number of allylic oxidation sites excluding steroid dienone is 4. The number of Topliss-reactive ketones (excluding diaryl/α,β-unsaturated/α-hetero) is 1. The molecule has 0 aliphatic heterocycles. The molecule has 0 aromatic carbocycles. The highest BCUT2D eigenvalue weighted by Gasteiger charge is 2.13. The standard InChI is InChI=1S/C25H46O3/c1-4-7-8-9-10-11-12-13-14-15-16-17-18-19-20-21-22-24(26)23-25(27-5-2)28-6-3/h10-11,13-14,25H,4-9,12,15-23H2,1-3H3/b11-10+,14-13+. The predicted octanol–water partition coefficient (Wildman–Crippen LogP) is 7.55. The van der Waals surface area contributed by atoms with Crippen molar-refractivity contribution in [3.63, 3.8) is 0 Å². The van der Waals surface area contributed by atoms with Crippen LogP contribution in [0, 0.1) is 0 Å². The molecule has 0 unspecified atom stereocenters. The molecule has 0 bridgehead atoms. The van der Waals surface area contributed by atoms with Crippen LogP contribution in [-0.4, -0.2) is 25.3 Å². The first-order valence-electron chi connectivity index (χ1n) is 11.8. The fraction of sp³-hybridized carbons (Fsp3) is 0.800. The van der Waals surface area contributed by atoms with E-state index >= 15 is 0 Å². The molecular weight excluding hydrogens is 348 g/mol. The van der Waals surface area contributed by atoms with Crippen molar-refractivity contribution >= 4 is 5.78 Å². The molecule has 0 saturated heterocycles. The van der Waals surface area contributed by atoms with Gasteiger partial charge in [0.25, 0.3) is 0 Å². The van der Waals surface area contributed by atoms with Crippen molar-refractivity contribution < 1.29 is 14.3 Å². The molecular formula is C25H46O3. The molecule has 0 heterocycles. The van der Waals surface area contributed by atoms with Crippen LogP contribution in [0.2, 0.25) is 0 Å². The third kappa shape index (κ3) is 19.8. The van der Waals surface area contributed by atoms with Gasteiger partial charge in [0.15, 0.2) is 6.29 Å². The third-order valence-electron chi connectivity index (χ3n) is 4.76. The Kier molecular flexibility index (Phi) is 21.6. The van der Waals surface area contributed by atoms with E-state index < -0.39 is 0 Å². The van der Waals surface area contributed by atoms with Crippen LogP contribution in [0.5, 0.6) is 0 Å². The Bertz CT molecular complexity index is 381. The van der Waals surface area contributed by atoms with Crippen molar-refractivity contribution in [1.29, 1.82) is 0 Å². The van der Waals surface area contributed by atoms with Crippen LogP contribution in [0.3, 0.4) is 0 Å². The van der Waals surface area contributed by atoms with Gasteiger partial charge in [-0.25, -0.2) is 0 Å². The topological polar surface area (TPSA) is 35.5 Å². The quantitative estimate of drug-likeness (QED) is 0.114. The number of ether oxygens (including phenoxy) is 2. The average Bonchev–Trinajstić information content (AvgIpc) is 2.68. The van der Waals surface area contributed by atoms with E-state index in [-0.39, 0.29) is 12.1 Å². The van der Waals surface area contributed by atoms with Crippen LogP contribution in [0.15, 0.2) is 24.3 Å². The number of rotatable bonds is 21. The number of carbonyl (C=O) groups excluding carboxylic acids is 1.